The van der Waals surface area contributed by atoms with Gasteiger partial charge in [0.25, 0.3) is 0 Å². The molecule has 19 heavy (non-hydrogen) atoms. The molecule has 1 unspecified atom stereocenters. The molecular weight excluding hydrogens is 300 g/mol. The smallest absolute Gasteiger partial charge is 0.0636 e. The van der Waals surface area contributed by atoms with Gasteiger partial charge in [0.05, 0.1) is 6.04 Å². The molecule has 0 radical (unpaired) electrons. The van der Waals surface area contributed by atoms with E-state index in [1.807, 2.05) is 12.1 Å². The summed E-state index contributed by atoms with van der Waals surface area (Å²) in [5, 5.41) is 3.48. The standard InChI is InChI=1S/C16H19BrN2/c1-11-7-12(2)9-13(8-11)16(10-18)19-15-5-3-14(17)4-6-15/h3-9,16,19H,10,18H2,1-2H3. The molecule has 0 heterocycles. The number of nitrogens with two attached hydrogens (primary N) is 1. The van der Waals surface area contributed by atoms with Gasteiger partial charge in [0.15, 0.2) is 0 Å². The van der Waals surface area contributed by atoms with E-state index in [-0.39, 0.29) is 6.04 Å². The van der Waals surface area contributed by atoms with Crippen LogP contribution in [-0.2, 0) is 0 Å². The second-order valence-corrected chi connectivity index (χ2v) is 5.78. The van der Waals surface area contributed by atoms with E-state index in [1.165, 1.54) is 16.7 Å². The third-order valence-corrected chi connectivity index (χ3v) is 3.60. The number of hydrogen-bond donors (Lipinski definition) is 2. The van der Waals surface area contributed by atoms with Crippen LogP contribution in [0.4, 0.5) is 5.69 Å². The lowest BCUT2D eigenvalue weighted by atomic mass is 10.0. The van der Waals surface area contributed by atoms with Gasteiger partial charge in [0.1, 0.15) is 0 Å². The SMILES string of the molecule is Cc1cc(C)cc(C(CN)Nc2ccc(Br)cc2)c1. The highest BCUT2D eigenvalue weighted by atomic mass is 79.9. The number of rotatable bonds is 4. The van der Waals surface area contributed by atoms with Crippen LogP contribution in [0.2, 0.25) is 0 Å². The summed E-state index contributed by atoms with van der Waals surface area (Å²) in [4.78, 5) is 0. The van der Waals surface area contributed by atoms with Crippen LogP contribution in [0, 0.1) is 13.8 Å². The minimum atomic E-state index is 0.139. The molecule has 2 nitrogen and oxygen atoms in total. The lowest BCUT2D eigenvalue weighted by Gasteiger charge is -2.20. The molecule has 2 aromatic rings. The number of hydrogen-bond acceptors (Lipinski definition) is 2. The molecule has 3 N–H and O–H groups in total. The number of aryl methyl sites for hydroxylation is 2. The molecule has 0 amide bonds. The molecule has 0 saturated carbocycles. The van der Waals surface area contributed by atoms with Gasteiger partial charge < -0.3 is 11.1 Å². The van der Waals surface area contributed by atoms with Crippen LogP contribution in [0.15, 0.2) is 46.9 Å². The molecule has 2 rings (SSSR count). The lowest BCUT2D eigenvalue weighted by molar-refractivity contribution is 0.788. The second kappa shape index (κ2) is 6.22. The van der Waals surface area contributed by atoms with Crippen molar-refractivity contribution in [3.63, 3.8) is 0 Å². The minimum absolute atomic E-state index is 0.139. The summed E-state index contributed by atoms with van der Waals surface area (Å²) < 4.78 is 1.08. The van der Waals surface area contributed by atoms with Crippen molar-refractivity contribution < 1.29 is 0 Å². The Bertz CT molecular complexity index is 529. The van der Waals surface area contributed by atoms with E-state index in [9.17, 15) is 0 Å². The first kappa shape index (κ1) is 14.1. The van der Waals surface area contributed by atoms with Gasteiger partial charge in [-0.25, -0.2) is 0 Å². The zero-order chi connectivity index (χ0) is 13.8. The van der Waals surface area contributed by atoms with E-state index in [2.05, 4.69) is 65.4 Å². The molecule has 1 atom stereocenters. The molecule has 0 saturated heterocycles. The Kier molecular flexibility index (Phi) is 4.61. The van der Waals surface area contributed by atoms with E-state index in [1.54, 1.807) is 0 Å². The fourth-order valence-electron chi connectivity index (χ4n) is 2.24. The Morgan fingerprint density at radius 2 is 1.63 bits per heavy atom. The number of benzene rings is 2. The summed E-state index contributed by atoms with van der Waals surface area (Å²) in [6.07, 6.45) is 0. The Labute approximate surface area is 123 Å². The number of anilines is 1. The minimum Gasteiger partial charge on any atom is -0.377 e. The Morgan fingerprint density at radius 3 is 2.16 bits per heavy atom. The zero-order valence-corrected chi connectivity index (χ0v) is 12.9. The van der Waals surface area contributed by atoms with E-state index in [0.29, 0.717) is 6.54 Å². The Morgan fingerprint density at radius 1 is 1.05 bits per heavy atom. The summed E-state index contributed by atoms with van der Waals surface area (Å²) >= 11 is 3.44. The summed E-state index contributed by atoms with van der Waals surface area (Å²) in [6, 6.07) is 14.9. The van der Waals surface area contributed by atoms with Gasteiger partial charge in [-0.15, -0.1) is 0 Å². The van der Waals surface area contributed by atoms with Gasteiger partial charge in [-0.3, -0.25) is 0 Å². The highest BCUT2D eigenvalue weighted by molar-refractivity contribution is 9.10. The van der Waals surface area contributed by atoms with Crippen molar-refractivity contribution in [3.8, 4) is 0 Å². The van der Waals surface area contributed by atoms with Crippen LogP contribution in [-0.4, -0.2) is 6.54 Å². The van der Waals surface area contributed by atoms with Crippen LogP contribution < -0.4 is 11.1 Å². The zero-order valence-electron chi connectivity index (χ0n) is 11.3. The van der Waals surface area contributed by atoms with Crippen LogP contribution in [0.5, 0.6) is 0 Å². The highest BCUT2D eigenvalue weighted by Crippen LogP contribution is 2.22. The van der Waals surface area contributed by atoms with Gasteiger partial charge in [0, 0.05) is 16.7 Å². The molecule has 0 aromatic heterocycles. The van der Waals surface area contributed by atoms with Crippen molar-refractivity contribution in [2.75, 3.05) is 11.9 Å². The van der Waals surface area contributed by atoms with Gasteiger partial charge in [-0.2, -0.15) is 0 Å². The number of halogens is 1. The largest absolute Gasteiger partial charge is 0.377 e. The predicted octanol–water partition coefficient (Wildman–Crippen LogP) is 4.18. The maximum atomic E-state index is 5.91. The molecule has 0 aliphatic heterocycles. The molecule has 0 bridgehead atoms. The van der Waals surface area contributed by atoms with Gasteiger partial charge in [-0.1, -0.05) is 45.3 Å². The molecule has 3 heteroatoms. The van der Waals surface area contributed by atoms with Gasteiger partial charge in [0.2, 0.25) is 0 Å². The molecule has 100 valence electrons. The Hall–Kier alpha value is -1.32. The highest BCUT2D eigenvalue weighted by Gasteiger charge is 2.10. The van der Waals surface area contributed by atoms with Gasteiger partial charge in [-0.05, 0) is 43.7 Å². The van der Waals surface area contributed by atoms with E-state index in [4.69, 9.17) is 5.73 Å². The molecule has 0 aliphatic rings. The maximum Gasteiger partial charge on any atom is 0.0636 e. The van der Waals surface area contributed by atoms with Crippen LogP contribution in [0.25, 0.3) is 0 Å². The molecule has 0 fully saturated rings. The van der Waals surface area contributed by atoms with Crippen molar-refractivity contribution in [2.45, 2.75) is 19.9 Å². The van der Waals surface area contributed by atoms with Crippen LogP contribution in [0.3, 0.4) is 0 Å². The first-order valence-corrected chi connectivity index (χ1v) is 7.18. The van der Waals surface area contributed by atoms with E-state index >= 15 is 0 Å². The summed E-state index contributed by atoms with van der Waals surface area (Å²) in [5.41, 5.74) is 10.8. The summed E-state index contributed by atoms with van der Waals surface area (Å²) in [7, 11) is 0. The molecule has 0 spiro atoms. The van der Waals surface area contributed by atoms with Crippen molar-refractivity contribution in [2.24, 2.45) is 5.73 Å². The predicted molar refractivity (Wildman–Crippen MR) is 85.5 cm³/mol. The van der Waals surface area contributed by atoms with Crippen LogP contribution >= 0.6 is 15.9 Å². The second-order valence-electron chi connectivity index (χ2n) is 4.86. The normalized spacial score (nSPS) is 12.2. The first-order chi connectivity index (χ1) is 9.08. The number of nitrogens with one attached hydrogen (secondary N) is 1. The third kappa shape index (κ3) is 3.82. The van der Waals surface area contributed by atoms with E-state index < -0.39 is 0 Å². The van der Waals surface area contributed by atoms with Crippen molar-refractivity contribution >= 4 is 21.6 Å². The molecular formula is C16H19BrN2. The third-order valence-electron chi connectivity index (χ3n) is 3.07. The quantitative estimate of drug-likeness (QED) is 0.887. The summed E-state index contributed by atoms with van der Waals surface area (Å²) in [5.74, 6) is 0. The topological polar surface area (TPSA) is 38.0 Å². The van der Waals surface area contributed by atoms with Crippen molar-refractivity contribution in [3.05, 3.63) is 63.6 Å². The average Bonchev–Trinajstić information content (AvgIpc) is 2.37. The molecule has 0 aliphatic carbocycles. The average molecular weight is 319 g/mol. The maximum absolute atomic E-state index is 5.91. The first-order valence-electron chi connectivity index (χ1n) is 6.39. The fraction of sp³-hybridized carbons (Fsp3) is 0.250. The summed E-state index contributed by atoms with van der Waals surface area (Å²) in [6.45, 7) is 4.80. The lowest BCUT2D eigenvalue weighted by Crippen LogP contribution is -2.20. The van der Waals surface area contributed by atoms with Crippen molar-refractivity contribution in [1.82, 2.24) is 0 Å². The van der Waals surface area contributed by atoms with Crippen LogP contribution in [0.1, 0.15) is 22.7 Å². The molecule has 2 aromatic carbocycles. The van der Waals surface area contributed by atoms with E-state index in [0.717, 1.165) is 10.2 Å². The fourth-order valence-corrected chi connectivity index (χ4v) is 2.50. The van der Waals surface area contributed by atoms with Gasteiger partial charge >= 0.3 is 0 Å². The Balaban J connectivity index is 2.22. The van der Waals surface area contributed by atoms with Crippen molar-refractivity contribution in [1.29, 1.82) is 0 Å². The monoisotopic (exact) mass is 318 g/mol.